The van der Waals surface area contributed by atoms with Crippen molar-refractivity contribution in [3.63, 3.8) is 0 Å². The van der Waals surface area contributed by atoms with Crippen molar-refractivity contribution in [2.24, 2.45) is 0 Å². The lowest BCUT2D eigenvalue weighted by Crippen LogP contribution is -2.43. The lowest BCUT2D eigenvalue weighted by atomic mass is 10.2. The smallest absolute Gasteiger partial charge is 0.327 e. The Labute approximate surface area is 145 Å². The van der Waals surface area contributed by atoms with Gasteiger partial charge in [-0.2, -0.15) is 0 Å². The van der Waals surface area contributed by atoms with Crippen LogP contribution in [-0.2, 0) is 16.1 Å². The normalized spacial score (nSPS) is 14.5. The summed E-state index contributed by atoms with van der Waals surface area (Å²) >= 11 is 5.85. The number of urea groups is 1. The monoisotopic (exact) mass is 353 g/mol. The van der Waals surface area contributed by atoms with Crippen LogP contribution >= 0.6 is 11.6 Å². The molecule has 0 radical (unpaired) electrons. The second-order valence-corrected chi connectivity index (χ2v) is 6.07. The Kier molecular flexibility index (Phi) is 6.16. The zero-order valence-electron chi connectivity index (χ0n) is 13.4. The molecule has 2 rings (SSSR count). The predicted octanol–water partition coefficient (Wildman–Crippen LogP) is 0.945. The minimum Gasteiger partial charge on any atom is -0.396 e. The maximum Gasteiger partial charge on any atom is 0.327 e. The number of carbonyl (C=O) groups is 3. The fourth-order valence-electron chi connectivity index (χ4n) is 2.42. The number of benzene rings is 1. The molecule has 0 saturated carbocycles. The van der Waals surface area contributed by atoms with E-state index < -0.39 is 6.03 Å². The van der Waals surface area contributed by atoms with Gasteiger partial charge in [0.2, 0.25) is 5.91 Å². The topological polar surface area (TPSA) is 81.2 Å². The summed E-state index contributed by atoms with van der Waals surface area (Å²) < 4.78 is 0. The van der Waals surface area contributed by atoms with Gasteiger partial charge in [-0.05, 0) is 24.1 Å². The third-order valence-corrected chi connectivity index (χ3v) is 4.00. The number of hydrogen-bond acceptors (Lipinski definition) is 4. The van der Waals surface area contributed by atoms with Crippen molar-refractivity contribution >= 4 is 29.4 Å². The van der Waals surface area contributed by atoms with Crippen LogP contribution < -0.4 is 0 Å². The number of imide groups is 1. The van der Waals surface area contributed by atoms with Gasteiger partial charge in [0, 0.05) is 31.8 Å². The Bertz CT molecular complexity index is 620. The number of carbonyl (C=O) groups excluding carboxylic acids is 3. The van der Waals surface area contributed by atoms with Crippen LogP contribution in [0.25, 0.3) is 0 Å². The maximum atomic E-state index is 12.5. The highest BCUT2D eigenvalue weighted by Crippen LogP contribution is 2.13. The van der Waals surface area contributed by atoms with Crippen molar-refractivity contribution in [1.82, 2.24) is 14.7 Å². The summed E-state index contributed by atoms with van der Waals surface area (Å²) in [7, 11) is 1.52. The lowest BCUT2D eigenvalue weighted by molar-refractivity contribution is -0.137. The van der Waals surface area contributed by atoms with Gasteiger partial charge >= 0.3 is 6.03 Å². The summed E-state index contributed by atoms with van der Waals surface area (Å²) in [4.78, 5) is 40.0. The number of halogens is 1. The van der Waals surface area contributed by atoms with E-state index in [1.165, 1.54) is 16.8 Å². The van der Waals surface area contributed by atoms with Crippen molar-refractivity contribution < 1.29 is 19.5 Å². The molecule has 1 aromatic carbocycles. The highest BCUT2D eigenvalue weighted by atomic mass is 35.5. The Morgan fingerprint density at radius 3 is 2.50 bits per heavy atom. The van der Waals surface area contributed by atoms with E-state index in [0.717, 1.165) is 10.5 Å². The highest BCUT2D eigenvalue weighted by Gasteiger charge is 2.35. The Hall–Kier alpha value is -2.12. The first-order valence-corrected chi connectivity index (χ1v) is 7.98. The first-order chi connectivity index (χ1) is 11.4. The summed E-state index contributed by atoms with van der Waals surface area (Å²) in [6.07, 6.45) is 0.418. The summed E-state index contributed by atoms with van der Waals surface area (Å²) in [5, 5.41) is 9.62. The second-order valence-electron chi connectivity index (χ2n) is 5.64. The molecular weight excluding hydrogens is 334 g/mol. The van der Waals surface area contributed by atoms with Crippen LogP contribution in [0.15, 0.2) is 24.3 Å². The van der Waals surface area contributed by atoms with Gasteiger partial charge < -0.3 is 14.9 Å². The molecule has 130 valence electrons. The quantitative estimate of drug-likeness (QED) is 0.740. The molecule has 1 aromatic rings. The van der Waals surface area contributed by atoms with E-state index in [1.54, 1.807) is 12.1 Å². The summed E-state index contributed by atoms with van der Waals surface area (Å²) in [5.74, 6) is -0.722. The minimum atomic E-state index is -0.470. The van der Waals surface area contributed by atoms with E-state index in [0.29, 0.717) is 24.5 Å². The van der Waals surface area contributed by atoms with Gasteiger partial charge in [-0.15, -0.1) is 0 Å². The number of aliphatic hydroxyl groups excluding tert-OH is 1. The van der Waals surface area contributed by atoms with E-state index in [2.05, 4.69) is 0 Å². The van der Waals surface area contributed by atoms with Crippen molar-refractivity contribution in [3.05, 3.63) is 34.9 Å². The Balaban J connectivity index is 2.06. The van der Waals surface area contributed by atoms with Crippen LogP contribution in [0, 0.1) is 0 Å². The molecule has 1 fully saturated rings. The number of likely N-dealkylation sites (N-methyl/N-ethyl adjacent to an activating group) is 1. The average molecular weight is 354 g/mol. The number of rotatable bonds is 7. The average Bonchev–Trinajstić information content (AvgIpc) is 2.79. The molecular formula is C16H20ClN3O4. The zero-order valence-corrected chi connectivity index (χ0v) is 14.2. The van der Waals surface area contributed by atoms with Crippen molar-refractivity contribution in [1.29, 1.82) is 0 Å². The van der Waals surface area contributed by atoms with Gasteiger partial charge in [0.25, 0.3) is 5.91 Å². The first-order valence-electron chi connectivity index (χ1n) is 7.61. The molecule has 0 bridgehead atoms. The SMILES string of the molecule is CN1CC(=O)N(CC(=O)N(CCCO)Cc2ccc(Cl)cc2)C1=O. The van der Waals surface area contributed by atoms with E-state index >= 15 is 0 Å². The van der Waals surface area contributed by atoms with E-state index in [1.807, 2.05) is 12.1 Å². The molecule has 1 heterocycles. The fraction of sp³-hybridized carbons (Fsp3) is 0.438. The van der Waals surface area contributed by atoms with Crippen LogP contribution in [0.2, 0.25) is 5.02 Å². The van der Waals surface area contributed by atoms with Crippen LogP contribution in [0.3, 0.4) is 0 Å². The molecule has 1 saturated heterocycles. The number of aliphatic hydroxyl groups is 1. The molecule has 24 heavy (non-hydrogen) atoms. The third-order valence-electron chi connectivity index (χ3n) is 3.75. The van der Waals surface area contributed by atoms with Crippen LogP contribution in [0.1, 0.15) is 12.0 Å². The second kappa shape index (κ2) is 8.12. The highest BCUT2D eigenvalue weighted by molar-refractivity contribution is 6.30. The molecule has 0 aromatic heterocycles. The molecule has 4 amide bonds. The number of amides is 4. The van der Waals surface area contributed by atoms with Crippen LogP contribution in [0.5, 0.6) is 0 Å². The maximum absolute atomic E-state index is 12.5. The van der Waals surface area contributed by atoms with Gasteiger partial charge in [0.05, 0.1) is 0 Å². The minimum absolute atomic E-state index is 0.0140. The molecule has 1 N–H and O–H groups in total. The van der Waals surface area contributed by atoms with Crippen LogP contribution in [-0.4, -0.2) is 70.9 Å². The van der Waals surface area contributed by atoms with E-state index in [-0.39, 0.29) is 31.5 Å². The summed E-state index contributed by atoms with van der Waals surface area (Å²) in [6, 6.07) is 6.60. The fourth-order valence-corrected chi connectivity index (χ4v) is 2.55. The lowest BCUT2D eigenvalue weighted by Gasteiger charge is -2.24. The molecule has 0 spiro atoms. The Morgan fingerprint density at radius 2 is 1.96 bits per heavy atom. The molecule has 7 nitrogen and oxygen atoms in total. The first kappa shape index (κ1) is 18.2. The van der Waals surface area contributed by atoms with Gasteiger partial charge in [0.15, 0.2) is 0 Å². The Morgan fingerprint density at radius 1 is 1.29 bits per heavy atom. The van der Waals surface area contributed by atoms with Crippen molar-refractivity contribution in [3.8, 4) is 0 Å². The predicted molar refractivity (Wildman–Crippen MR) is 88.3 cm³/mol. The summed E-state index contributed by atoms with van der Waals surface area (Å²) in [6.45, 7) is 0.307. The number of hydrogen-bond donors (Lipinski definition) is 1. The van der Waals surface area contributed by atoms with E-state index in [4.69, 9.17) is 16.7 Å². The molecule has 1 aliphatic rings. The van der Waals surface area contributed by atoms with E-state index in [9.17, 15) is 14.4 Å². The zero-order chi connectivity index (χ0) is 17.7. The summed E-state index contributed by atoms with van der Waals surface area (Å²) in [5.41, 5.74) is 0.877. The van der Waals surface area contributed by atoms with Crippen molar-refractivity contribution in [2.45, 2.75) is 13.0 Å². The molecule has 0 atom stereocenters. The molecule has 0 unspecified atom stereocenters. The number of nitrogens with zero attached hydrogens (tertiary/aromatic N) is 3. The van der Waals surface area contributed by atoms with Crippen molar-refractivity contribution in [2.75, 3.05) is 33.3 Å². The van der Waals surface area contributed by atoms with Gasteiger partial charge in [0.1, 0.15) is 13.1 Å². The molecule has 8 heteroatoms. The molecule has 1 aliphatic heterocycles. The van der Waals surface area contributed by atoms with Gasteiger partial charge in [-0.25, -0.2) is 4.79 Å². The van der Waals surface area contributed by atoms with Gasteiger partial charge in [-0.1, -0.05) is 23.7 Å². The standard InChI is InChI=1S/C16H20ClN3O4/c1-18-10-15(23)20(16(18)24)11-14(22)19(7-2-8-21)9-12-3-5-13(17)6-4-12/h3-6,21H,2,7-11H2,1H3. The molecule has 0 aliphatic carbocycles. The largest absolute Gasteiger partial charge is 0.396 e. The van der Waals surface area contributed by atoms with Gasteiger partial charge in [-0.3, -0.25) is 14.5 Å². The third kappa shape index (κ3) is 4.46. The van der Waals surface area contributed by atoms with Crippen LogP contribution in [0.4, 0.5) is 4.79 Å².